The molecule has 0 aliphatic heterocycles. The number of hydrogen-bond acceptors (Lipinski definition) is 3. The molecule has 0 aliphatic rings. The topological polar surface area (TPSA) is 23.9 Å². The molecule has 1 N–H and O–H groups in total. The summed E-state index contributed by atoms with van der Waals surface area (Å²) in [4.78, 5) is -1.98. The van der Waals surface area contributed by atoms with Crippen LogP contribution in [0.3, 0.4) is 0 Å². The van der Waals surface area contributed by atoms with Gasteiger partial charge in [0.05, 0.1) is 4.91 Å². The van der Waals surface area contributed by atoms with E-state index in [1.54, 1.807) is 0 Å². The highest BCUT2D eigenvalue weighted by molar-refractivity contribution is 7.90. The number of rotatable bonds is 1. The van der Waals surface area contributed by atoms with Gasteiger partial charge in [0.1, 0.15) is 4.86 Å². The maximum absolute atomic E-state index is 11.6. The Hall–Kier alpha value is -0.320. The number of alkyl halides is 3. The first-order chi connectivity index (χ1) is 4.39. The van der Waals surface area contributed by atoms with Crippen molar-refractivity contribution in [3.63, 3.8) is 0 Å². The van der Waals surface area contributed by atoms with Gasteiger partial charge >= 0.3 is 6.18 Å². The first-order valence-electron chi connectivity index (χ1n) is 1.99. The molecule has 0 atom stereocenters. The summed E-state index contributed by atoms with van der Waals surface area (Å²) < 4.78 is 34.7. The van der Waals surface area contributed by atoms with Crippen molar-refractivity contribution in [1.29, 1.82) is 5.41 Å². The van der Waals surface area contributed by atoms with Crippen LogP contribution in [0.4, 0.5) is 13.2 Å². The Bertz CT molecular complexity index is 201. The van der Waals surface area contributed by atoms with E-state index in [1.165, 1.54) is 5.87 Å². The number of halogens is 3. The van der Waals surface area contributed by atoms with Crippen LogP contribution in [0.25, 0.3) is 0 Å². The Morgan fingerprint density at radius 2 is 1.90 bits per heavy atom. The molecule has 0 saturated heterocycles. The summed E-state index contributed by atoms with van der Waals surface area (Å²) >= 11 is 7.17. The second-order valence-corrected chi connectivity index (χ2v) is 2.16. The molecule has 0 heterocycles. The van der Waals surface area contributed by atoms with Crippen molar-refractivity contribution in [3.05, 3.63) is 4.91 Å². The first kappa shape index (κ1) is 9.68. The molecule has 0 aromatic heterocycles. The summed E-state index contributed by atoms with van der Waals surface area (Å²) in [6.07, 6.45) is -4.58. The smallest absolute Gasteiger partial charge is 0.258 e. The SMILES string of the molecule is N=C=C(S)C(=S)C(F)(F)F. The second-order valence-electron chi connectivity index (χ2n) is 1.30. The fraction of sp³-hybridized carbons (Fsp3) is 0.250. The van der Waals surface area contributed by atoms with Gasteiger partial charge in [-0.25, -0.2) is 0 Å². The van der Waals surface area contributed by atoms with Gasteiger partial charge in [0.25, 0.3) is 0 Å². The fourth-order valence-electron chi connectivity index (χ4n) is 0.191. The Morgan fingerprint density at radius 3 is 2.00 bits per heavy atom. The average Bonchev–Trinajstić information content (AvgIpc) is 1.83. The van der Waals surface area contributed by atoms with E-state index >= 15 is 0 Å². The molecular weight excluding hydrogens is 183 g/mol. The number of thiocarbonyl (C=S) groups is 1. The van der Waals surface area contributed by atoms with E-state index in [9.17, 15) is 13.2 Å². The summed E-state index contributed by atoms with van der Waals surface area (Å²) in [5, 5.41) is 6.27. The quantitative estimate of drug-likeness (QED) is 0.277. The van der Waals surface area contributed by atoms with Crippen LogP contribution in [0.1, 0.15) is 0 Å². The third-order valence-electron chi connectivity index (χ3n) is 0.591. The largest absolute Gasteiger partial charge is 0.428 e. The van der Waals surface area contributed by atoms with Gasteiger partial charge in [-0.1, -0.05) is 12.2 Å². The molecule has 6 heteroatoms. The summed E-state index contributed by atoms with van der Waals surface area (Å²) in [6, 6.07) is 0. The van der Waals surface area contributed by atoms with Crippen LogP contribution in [0, 0.1) is 5.41 Å². The normalized spacial score (nSPS) is 10.4. The lowest BCUT2D eigenvalue weighted by molar-refractivity contribution is -0.0554. The van der Waals surface area contributed by atoms with Gasteiger partial charge in [-0.2, -0.15) is 13.2 Å². The Kier molecular flexibility index (Phi) is 3.08. The zero-order valence-corrected chi connectivity index (χ0v) is 6.20. The summed E-state index contributed by atoms with van der Waals surface area (Å²) in [6.45, 7) is 0. The first-order valence-corrected chi connectivity index (χ1v) is 2.85. The van der Waals surface area contributed by atoms with Crippen LogP contribution in [0.5, 0.6) is 0 Å². The Balaban J connectivity index is 4.55. The monoisotopic (exact) mass is 185 g/mol. The van der Waals surface area contributed by atoms with Crippen LogP contribution >= 0.6 is 24.8 Å². The second kappa shape index (κ2) is 3.18. The summed E-state index contributed by atoms with van der Waals surface area (Å²) in [5.74, 6) is 1.44. The van der Waals surface area contributed by atoms with Crippen LogP contribution in [0.2, 0.25) is 0 Å². The van der Waals surface area contributed by atoms with Crippen molar-refractivity contribution < 1.29 is 13.2 Å². The van der Waals surface area contributed by atoms with E-state index < -0.39 is 15.9 Å². The lowest BCUT2D eigenvalue weighted by Gasteiger charge is -2.03. The molecule has 0 saturated carbocycles. The highest BCUT2D eigenvalue weighted by atomic mass is 32.1. The van der Waals surface area contributed by atoms with Gasteiger partial charge < -0.3 is 0 Å². The standard InChI is InChI=1S/C4H2F3NS2/c5-4(6,7)3(10)2(9)1-8/h8-9H. The maximum Gasteiger partial charge on any atom is 0.428 e. The van der Waals surface area contributed by atoms with E-state index in [4.69, 9.17) is 5.41 Å². The lowest BCUT2D eigenvalue weighted by Crippen LogP contribution is -2.20. The van der Waals surface area contributed by atoms with E-state index in [0.29, 0.717) is 0 Å². The minimum atomic E-state index is -4.58. The zero-order valence-electron chi connectivity index (χ0n) is 4.49. The van der Waals surface area contributed by atoms with E-state index in [1.807, 2.05) is 0 Å². The highest BCUT2D eigenvalue weighted by Gasteiger charge is 2.35. The van der Waals surface area contributed by atoms with Gasteiger partial charge in [0, 0.05) is 0 Å². The van der Waals surface area contributed by atoms with Crippen molar-refractivity contribution in [3.8, 4) is 0 Å². The molecule has 0 rings (SSSR count). The molecule has 0 unspecified atom stereocenters. The zero-order chi connectivity index (χ0) is 8.36. The molecule has 0 amide bonds. The minimum absolute atomic E-state index is 0.664. The van der Waals surface area contributed by atoms with Crippen LogP contribution in [-0.2, 0) is 0 Å². The van der Waals surface area contributed by atoms with Crippen molar-refractivity contribution in [2.75, 3.05) is 0 Å². The van der Waals surface area contributed by atoms with E-state index in [2.05, 4.69) is 24.8 Å². The van der Waals surface area contributed by atoms with Gasteiger partial charge in [-0.05, 0) is 5.87 Å². The summed E-state index contributed by atoms with van der Waals surface area (Å²) in [7, 11) is 0. The fourth-order valence-corrected chi connectivity index (χ4v) is 0.369. The molecule has 0 spiro atoms. The highest BCUT2D eigenvalue weighted by Crippen LogP contribution is 2.22. The van der Waals surface area contributed by atoms with Gasteiger partial charge in [0.15, 0.2) is 0 Å². The average molecular weight is 185 g/mol. The van der Waals surface area contributed by atoms with Crippen LogP contribution in [-0.4, -0.2) is 16.9 Å². The molecule has 0 fully saturated rings. The summed E-state index contributed by atoms with van der Waals surface area (Å²) in [5.41, 5.74) is 0. The third kappa shape index (κ3) is 2.51. The Labute approximate surface area is 65.8 Å². The van der Waals surface area contributed by atoms with Crippen LogP contribution < -0.4 is 0 Å². The third-order valence-corrected chi connectivity index (χ3v) is 1.51. The van der Waals surface area contributed by atoms with Crippen molar-refractivity contribution in [2.45, 2.75) is 6.18 Å². The number of allylic oxidation sites excluding steroid dienone is 1. The van der Waals surface area contributed by atoms with Crippen molar-refractivity contribution >= 4 is 35.6 Å². The van der Waals surface area contributed by atoms with Gasteiger partial charge in [0.2, 0.25) is 0 Å². The van der Waals surface area contributed by atoms with E-state index in [-0.39, 0.29) is 0 Å². The molecule has 10 heavy (non-hydrogen) atoms. The molecule has 0 bridgehead atoms. The number of hydrogen-bond donors (Lipinski definition) is 2. The van der Waals surface area contributed by atoms with Gasteiger partial charge in [-0.3, -0.25) is 5.41 Å². The lowest BCUT2D eigenvalue weighted by atomic mass is 10.4. The van der Waals surface area contributed by atoms with Crippen molar-refractivity contribution in [1.82, 2.24) is 0 Å². The predicted molar refractivity (Wildman–Crippen MR) is 38.9 cm³/mol. The minimum Gasteiger partial charge on any atom is -0.258 e. The van der Waals surface area contributed by atoms with E-state index in [0.717, 1.165) is 0 Å². The molecular formula is C4H2F3NS2. The molecule has 0 aromatic carbocycles. The number of nitrogens with one attached hydrogen (secondary N) is 1. The molecule has 56 valence electrons. The number of thiol groups is 1. The maximum atomic E-state index is 11.6. The van der Waals surface area contributed by atoms with Crippen LogP contribution in [0.15, 0.2) is 4.91 Å². The predicted octanol–water partition coefficient (Wildman–Crippen LogP) is 1.98. The molecule has 0 aliphatic carbocycles. The van der Waals surface area contributed by atoms with Gasteiger partial charge in [-0.15, -0.1) is 12.6 Å². The molecule has 1 nitrogen and oxygen atoms in total. The molecule has 0 aromatic rings. The van der Waals surface area contributed by atoms with Crippen molar-refractivity contribution in [2.24, 2.45) is 0 Å². The Morgan fingerprint density at radius 1 is 1.50 bits per heavy atom. The molecule has 0 radical (unpaired) electrons.